The molecule has 8 unspecified atom stereocenters. The van der Waals surface area contributed by atoms with Crippen molar-refractivity contribution in [1.29, 1.82) is 0 Å². The smallest absolute Gasteiger partial charge is 0.338 e. The van der Waals surface area contributed by atoms with Crippen molar-refractivity contribution in [3.63, 3.8) is 0 Å². The van der Waals surface area contributed by atoms with Gasteiger partial charge in [0.1, 0.15) is 23.9 Å². The van der Waals surface area contributed by atoms with Gasteiger partial charge in [-0.2, -0.15) is 0 Å². The summed E-state index contributed by atoms with van der Waals surface area (Å²) in [6, 6.07) is 15.6. The van der Waals surface area contributed by atoms with E-state index in [0.29, 0.717) is 16.7 Å². The summed E-state index contributed by atoms with van der Waals surface area (Å²) >= 11 is 0. The number of nitrogens with one attached hydrogen (secondary N) is 1. The Morgan fingerprint density at radius 1 is 1.02 bits per heavy atom. The number of fused-ring (bicyclic) bond motifs is 3. The lowest BCUT2D eigenvalue weighted by atomic mass is 9.49. The zero-order chi connectivity index (χ0) is 38.9. The highest BCUT2D eigenvalue weighted by Gasteiger charge is 2.71. The van der Waals surface area contributed by atoms with E-state index in [1.54, 1.807) is 74.5 Å². The van der Waals surface area contributed by atoms with E-state index in [1.807, 2.05) is 13.8 Å². The van der Waals surface area contributed by atoms with Crippen LogP contribution in [0.4, 0.5) is 0 Å². The van der Waals surface area contributed by atoms with Gasteiger partial charge < -0.3 is 44.7 Å². The van der Waals surface area contributed by atoms with Gasteiger partial charge in [0.2, 0.25) is 5.91 Å². The number of aliphatic hydroxyl groups is 4. The molecule has 0 aromatic heterocycles. The predicted molar refractivity (Wildman–Crippen MR) is 190 cm³/mol. The van der Waals surface area contributed by atoms with Gasteiger partial charge in [-0.25, -0.2) is 9.59 Å². The second kappa shape index (κ2) is 15.8. The number of hydrogen-bond donors (Lipinski definition) is 5. The van der Waals surface area contributed by atoms with E-state index in [9.17, 15) is 34.8 Å². The van der Waals surface area contributed by atoms with Gasteiger partial charge >= 0.3 is 11.9 Å². The highest BCUT2D eigenvalue weighted by Crippen LogP contribution is 2.59. The average Bonchev–Trinajstić information content (AvgIpc) is 3.12. The number of carbonyl (C=O) groups excluding carboxylic acids is 4. The molecule has 5 N–H and O–H groups in total. The van der Waals surface area contributed by atoms with Gasteiger partial charge in [0.15, 0.2) is 11.9 Å². The van der Waals surface area contributed by atoms with Gasteiger partial charge in [-0.3, -0.25) is 9.59 Å². The average molecular weight is 738 g/mol. The van der Waals surface area contributed by atoms with Crippen molar-refractivity contribution in [2.45, 2.75) is 102 Å². The van der Waals surface area contributed by atoms with Crippen LogP contribution in [0.25, 0.3) is 0 Å². The molecule has 0 radical (unpaired) electrons. The van der Waals surface area contributed by atoms with Crippen LogP contribution < -0.4 is 5.32 Å². The molecule has 3 fully saturated rings. The van der Waals surface area contributed by atoms with Crippen LogP contribution in [0.5, 0.6) is 0 Å². The first-order chi connectivity index (χ1) is 25.0. The molecular formula is C40H51NO12. The van der Waals surface area contributed by atoms with Gasteiger partial charge in [-0.15, -0.1) is 0 Å². The number of methoxy groups -OCH3 is 1. The maximum absolute atomic E-state index is 15.0. The first kappa shape index (κ1) is 40.2. The molecule has 0 bridgehead atoms. The fourth-order valence-electron chi connectivity index (χ4n) is 8.71. The molecule has 2 saturated carbocycles. The lowest BCUT2D eigenvalue weighted by Gasteiger charge is -2.63. The Balaban J connectivity index is 1.59. The van der Waals surface area contributed by atoms with Crippen molar-refractivity contribution in [3.8, 4) is 0 Å². The lowest BCUT2D eigenvalue weighted by molar-refractivity contribution is -0.328. The summed E-state index contributed by atoms with van der Waals surface area (Å²) in [6.07, 6.45) is -7.74. The molecule has 0 spiro atoms. The largest absolute Gasteiger partial charge is 0.458 e. The van der Waals surface area contributed by atoms with E-state index in [-0.39, 0.29) is 31.4 Å². The number of carbonyl (C=O) groups is 4. The Labute approximate surface area is 309 Å². The number of aliphatic hydroxyl groups excluding tert-OH is 3. The van der Waals surface area contributed by atoms with Crippen LogP contribution in [0.3, 0.4) is 0 Å². The number of Topliss-reactive ketones (excluding diaryl/α,β-unsaturated/α-hetero) is 1. The zero-order valence-corrected chi connectivity index (χ0v) is 31.0. The topological polar surface area (TPSA) is 198 Å². The van der Waals surface area contributed by atoms with Gasteiger partial charge in [0.05, 0.1) is 35.8 Å². The number of ketones is 1. The van der Waals surface area contributed by atoms with E-state index in [2.05, 4.69) is 5.32 Å². The van der Waals surface area contributed by atoms with Crippen LogP contribution in [-0.2, 0) is 33.3 Å². The highest BCUT2D eigenvalue weighted by molar-refractivity contribution is 5.94. The predicted octanol–water partition coefficient (Wildman–Crippen LogP) is 2.59. The van der Waals surface area contributed by atoms with Crippen molar-refractivity contribution < 1.29 is 58.6 Å². The van der Waals surface area contributed by atoms with Crippen molar-refractivity contribution in [2.24, 2.45) is 16.7 Å². The second-order valence-corrected chi connectivity index (χ2v) is 15.2. The van der Waals surface area contributed by atoms with Crippen LogP contribution in [-0.4, -0.2) is 107 Å². The third kappa shape index (κ3) is 7.56. The van der Waals surface area contributed by atoms with Crippen molar-refractivity contribution in [1.82, 2.24) is 5.32 Å². The molecule has 10 atom stereocenters. The summed E-state index contributed by atoms with van der Waals surface area (Å²) in [4.78, 5) is 54.4. The zero-order valence-electron chi connectivity index (χ0n) is 31.0. The van der Waals surface area contributed by atoms with Crippen LogP contribution in [0.15, 0.2) is 71.8 Å². The molecule has 5 rings (SSSR count). The van der Waals surface area contributed by atoms with Crippen molar-refractivity contribution in [3.05, 3.63) is 82.9 Å². The van der Waals surface area contributed by atoms with Gasteiger partial charge in [-0.1, -0.05) is 62.4 Å². The number of hydrogen-bond acceptors (Lipinski definition) is 12. The van der Waals surface area contributed by atoms with E-state index in [0.717, 1.165) is 0 Å². The minimum atomic E-state index is -1.84. The molecular weight excluding hydrogens is 686 g/mol. The molecule has 3 aliphatic rings. The van der Waals surface area contributed by atoms with E-state index in [1.165, 1.54) is 14.0 Å². The number of amides is 1. The molecule has 13 heteroatoms. The molecule has 1 saturated heterocycles. The maximum atomic E-state index is 15.0. The molecule has 13 nitrogen and oxygen atoms in total. The van der Waals surface area contributed by atoms with E-state index in [4.69, 9.17) is 18.9 Å². The van der Waals surface area contributed by atoms with Crippen LogP contribution in [0, 0.1) is 16.7 Å². The Morgan fingerprint density at radius 2 is 1.64 bits per heavy atom. The second-order valence-electron chi connectivity index (χ2n) is 15.2. The summed E-state index contributed by atoms with van der Waals surface area (Å²) in [5.41, 5.74) is -2.97. The third-order valence-electron chi connectivity index (χ3n) is 11.4. The Kier molecular flexibility index (Phi) is 12.0. The summed E-state index contributed by atoms with van der Waals surface area (Å²) in [7, 11) is 1.34. The molecule has 2 aliphatic carbocycles. The van der Waals surface area contributed by atoms with Crippen molar-refractivity contribution >= 4 is 23.6 Å². The molecule has 2 aromatic carbocycles. The quantitative estimate of drug-likeness (QED) is 0.167. The van der Waals surface area contributed by atoms with Gasteiger partial charge in [0.25, 0.3) is 0 Å². The summed E-state index contributed by atoms with van der Waals surface area (Å²) in [6.45, 7) is 7.48. The minimum Gasteiger partial charge on any atom is -0.458 e. The molecule has 1 heterocycles. The monoisotopic (exact) mass is 737 g/mol. The number of ether oxygens (including phenoxy) is 4. The summed E-state index contributed by atoms with van der Waals surface area (Å²) < 4.78 is 23.7. The fourth-order valence-corrected chi connectivity index (χ4v) is 8.71. The van der Waals surface area contributed by atoms with E-state index >= 15 is 4.79 Å². The fraction of sp³-hybridized carbons (Fsp3) is 0.550. The summed E-state index contributed by atoms with van der Waals surface area (Å²) in [5.74, 6) is -3.93. The first-order valence-electron chi connectivity index (χ1n) is 17.9. The number of rotatable bonds is 11. The SMILES string of the molecule is COC1C(=O)[C@]2(C)C(O)CC3OC[C@@]3(O)C2C(OC(=O)c2ccccc2)CC(C)(C)/C1=C(/C)C(CCO)OC(=O)C(O)C(NC(C)=O)c1ccccc1. The maximum Gasteiger partial charge on any atom is 0.338 e. The van der Waals surface area contributed by atoms with Crippen LogP contribution in [0.2, 0.25) is 0 Å². The molecule has 2 aromatic rings. The first-order valence-corrected chi connectivity index (χ1v) is 17.9. The number of esters is 2. The standard InChI is InChI=1S/C40H51NO12/c1-22(26(17-18-42)52-37(48)32(45)31(41-23(2)43)24-13-9-7-10-14-24)30-33(50-6)35(46)39(5)28(44)19-29-40(49,21-51-29)34(39)27(20-38(30,3)4)53-36(47)25-15-11-8-12-16-25/h7-16,26-29,31-34,42,44-45,49H,17-21H2,1-6H3,(H,41,43)/b30-22-/t26?,27?,28?,29?,31?,32?,33?,34?,39-,40+/m1/s1. The summed E-state index contributed by atoms with van der Waals surface area (Å²) in [5, 5.41) is 47.8. The van der Waals surface area contributed by atoms with Crippen LogP contribution >= 0.6 is 0 Å². The van der Waals surface area contributed by atoms with Crippen molar-refractivity contribution in [2.75, 3.05) is 20.3 Å². The van der Waals surface area contributed by atoms with Crippen LogP contribution in [0.1, 0.15) is 75.8 Å². The Morgan fingerprint density at radius 3 is 2.19 bits per heavy atom. The molecule has 53 heavy (non-hydrogen) atoms. The van der Waals surface area contributed by atoms with Gasteiger partial charge in [0, 0.05) is 39.4 Å². The third-order valence-corrected chi connectivity index (χ3v) is 11.4. The Hall–Kier alpha value is -3.98. The van der Waals surface area contributed by atoms with E-state index < -0.39 is 95.3 Å². The van der Waals surface area contributed by atoms with Gasteiger partial charge in [-0.05, 0) is 54.5 Å². The lowest BCUT2D eigenvalue weighted by Crippen LogP contribution is -2.77. The Bertz CT molecular complexity index is 1700. The molecule has 1 amide bonds. The minimum absolute atomic E-state index is 0.0361. The molecule has 1 aliphatic heterocycles. The number of benzene rings is 2. The highest BCUT2D eigenvalue weighted by atomic mass is 16.6. The normalized spacial score (nSPS) is 31.9. The molecule has 288 valence electrons.